The Kier molecular flexibility index (Phi) is 10.4. The normalized spacial score (nSPS) is 11.4. The second-order valence-electron chi connectivity index (χ2n) is 14.7. The van der Waals surface area contributed by atoms with Gasteiger partial charge in [-0.2, -0.15) is 0 Å². The Bertz CT molecular complexity index is 2730. The first-order chi connectivity index (χ1) is 28.2. The fraction of sp³-hybridized carbons (Fsp3) is 0.154. The second kappa shape index (κ2) is 16.6. The molecule has 0 amide bonds. The van der Waals surface area contributed by atoms with Crippen LogP contribution in [-0.4, -0.2) is 21.4 Å². The first kappa shape index (κ1) is 35.9. The van der Waals surface area contributed by atoms with Gasteiger partial charge in [0.15, 0.2) is 0 Å². The van der Waals surface area contributed by atoms with E-state index in [1.807, 2.05) is 30.3 Å². The number of fused-ring (bicyclic) bond motifs is 3. The summed E-state index contributed by atoms with van der Waals surface area (Å²) in [5, 5.41) is 11.5. The zero-order valence-electron chi connectivity index (χ0n) is 32.3. The van der Waals surface area contributed by atoms with Crippen molar-refractivity contribution in [3.05, 3.63) is 170 Å². The molecule has 0 unspecified atom stereocenters. The maximum absolute atomic E-state index is 6.46. The highest BCUT2D eigenvalue weighted by atomic mass is 16.5. The van der Waals surface area contributed by atoms with Gasteiger partial charge in [0.1, 0.15) is 5.75 Å². The van der Waals surface area contributed by atoms with Crippen LogP contribution in [0.4, 0.5) is 0 Å². The Morgan fingerprint density at radius 3 is 1.68 bits per heavy atom. The molecule has 0 aliphatic carbocycles. The first-order valence-electron chi connectivity index (χ1n) is 20.2. The van der Waals surface area contributed by atoms with Gasteiger partial charge in [0, 0.05) is 27.6 Å². The summed E-state index contributed by atoms with van der Waals surface area (Å²) in [5.74, 6) is 1.80. The summed E-state index contributed by atoms with van der Waals surface area (Å²) in [7, 11) is 0. The molecule has 0 radical (unpaired) electrons. The van der Waals surface area contributed by atoms with Crippen molar-refractivity contribution in [2.45, 2.75) is 45.4 Å². The molecule has 0 bridgehead atoms. The Morgan fingerprint density at radius 2 is 1.00 bits per heavy atom. The molecule has 5 nitrogen and oxygen atoms in total. The standard InChI is InChI=1S/C52H45N3O2/c1-2-3-4-5-6-16-33-56-44-28-23-39(24-29-44)51-53-54-52(57-51)48-36-41(25-30-45(48)38-19-12-8-13-20-38)42-27-32-50-47(35-42)46-34-40(37-17-10-7-11-18-37)26-31-49(46)55(50)43-21-14-9-15-22-43/h7-15,17-32,34-36H,2-6,16,33H2,1H3. The SMILES string of the molecule is CCCCCCCCOc1ccc(-c2nnc(-c3cc(-c4ccc5c(c4)c4cc(-c6ccccc6)ccc4n5-c4ccccc4)ccc3-c3ccccc3)o2)cc1. The predicted molar refractivity (Wildman–Crippen MR) is 235 cm³/mol. The van der Waals surface area contributed by atoms with Crippen LogP contribution in [0.5, 0.6) is 5.75 Å². The van der Waals surface area contributed by atoms with E-state index in [4.69, 9.17) is 9.15 Å². The topological polar surface area (TPSA) is 53.1 Å². The van der Waals surface area contributed by atoms with E-state index in [0.717, 1.165) is 63.4 Å². The smallest absolute Gasteiger partial charge is 0.248 e. The zero-order valence-corrected chi connectivity index (χ0v) is 32.3. The third-order valence-corrected chi connectivity index (χ3v) is 10.8. The number of rotatable bonds is 14. The summed E-state index contributed by atoms with van der Waals surface area (Å²) < 4.78 is 14.9. The maximum Gasteiger partial charge on any atom is 0.248 e. The Hall–Kier alpha value is -6.72. The van der Waals surface area contributed by atoms with Crippen molar-refractivity contribution in [3.8, 4) is 67.7 Å². The summed E-state index contributed by atoms with van der Waals surface area (Å²) in [5.41, 5.74) is 11.9. The number of hydrogen-bond acceptors (Lipinski definition) is 4. The number of nitrogens with zero attached hydrogens (tertiary/aromatic N) is 3. The molecular weight excluding hydrogens is 699 g/mol. The van der Waals surface area contributed by atoms with Crippen LogP contribution in [0.15, 0.2) is 174 Å². The van der Waals surface area contributed by atoms with Crippen LogP contribution < -0.4 is 4.74 Å². The molecule has 0 saturated heterocycles. The molecule has 0 aliphatic heterocycles. The van der Waals surface area contributed by atoms with Gasteiger partial charge in [-0.3, -0.25) is 0 Å². The molecule has 0 spiro atoms. The number of benzene rings is 7. The summed E-state index contributed by atoms with van der Waals surface area (Å²) >= 11 is 0. The van der Waals surface area contributed by atoms with E-state index in [1.165, 1.54) is 59.5 Å². The number of aromatic nitrogens is 3. The number of para-hydroxylation sites is 1. The summed E-state index contributed by atoms with van der Waals surface area (Å²) in [6.07, 6.45) is 7.44. The number of unbranched alkanes of at least 4 members (excludes halogenated alkanes) is 5. The summed E-state index contributed by atoms with van der Waals surface area (Å²) in [6, 6.07) is 59.7. The second-order valence-corrected chi connectivity index (χ2v) is 14.7. The van der Waals surface area contributed by atoms with Crippen molar-refractivity contribution < 1.29 is 9.15 Å². The number of ether oxygens (including phenoxy) is 1. The van der Waals surface area contributed by atoms with Crippen LogP contribution in [0.3, 0.4) is 0 Å². The van der Waals surface area contributed by atoms with Gasteiger partial charge in [0.2, 0.25) is 11.8 Å². The van der Waals surface area contributed by atoms with Crippen LogP contribution in [0.1, 0.15) is 45.4 Å². The van der Waals surface area contributed by atoms with Gasteiger partial charge in [-0.1, -0.05) is 142 Å². The third-order valence-electron chi connectivity index (χ3n) is 10.8. The lowest BCUT2D eigenvalue weighted by Gasteiger charge is -2.11. The highest BCUT2D eigenvalue weighted by Gasteiger charge is 2.19. The molecular formula is C52H45N3O2. The van der Waals surface area contributed by atoms with Crippen LogP contribution in [-0.2, 0) is 0 Å². The monoisotopic (exact) mass is 743 g/mol. The minimum absolute atomic E-state index is 0.473. The van der Waals surface area contributed by atoms with Crippen LogP contribution in [0, 0.1) is 0 Å². The van der Waals surface area contributed by atoms with Crippen molar-refractivity contribution in [3.63, 3.8) is 0 Å². The third kappa shape index (κ3) is 7.61. The van der Waals surface area contributed by atoms with Crippen molar-refractivity contribution in [1.29, 1.82) is 0 Å². The minimum Gasteiger partial charge on any atom is -0.494 e. The molecule has 9 rings (SSSR count). The van der Waals surface area contributed by atoms with Gasteiger partial charge in [0.25, 0.3) is 0 Å². The Morgan fingerprint density at radius 1 is 0.456 bits per heavy atom. The van der Waals surface area contributed by atoms with Gasteiger partial charge in [0.05, 0.1) is 17.6 Å². The Labute approximate surface area is 334 Å². The fourth-order valence-electron chi connectivity index (χ4n) is 7.85. The van der Waals surface area contributed by atoms with E-state index in [0.29, 0.717) is 11.8 Å². The molecule has 5 heteroatoms. The fourth-order valence-corrected chi connectivity index (χ4v) is 7.85. The predicted octanol–water partition coefficient (Wildman–Crippen LogP) is 14.2. The highest BCUT2D eigenvalue weighted by Crippen LogP contribution is 2.40. The molecule has 7 aromatic carbocycles. The Balaban J connectivity index is 1.07. The molecule has 0 fully saturated rings. The molecule has 0 atom stereocenters. The highest BCUT2D eigenvalue weighted by molar-refractivity contribution is 6.11. The average Bonchev–Trinajstić information content (AvgIpc) is 3.90. The molecule has 0 N–H and O–H groups in total. The van der Waals surface area contributed by atoms with E-state index < -0.39 is 0 Å². The molecule has 0 aliphatic rings. The molecule has 2 heterocycles. The van der Waals surface area contributed by atoms with Gasteiger partial charge in [-0.05, 0) is 107 Å². The quantitative estimate of drug-likeness (QED) is 0.104. The molecule has 9 aromatic rings. The van der Waals surface area contributed by atoms with E-state index >= 15 is 0 Å². The molecule has 0 saturated carbocycles. The van der Waals surface area contributed by atoms with E-state index in [-0.39, 0.29) is 0 Å². The van der Waals surface area contributed by atoms with Gasteiger partial charge >= 0.3 is 0 Å². The summed E-state index contributed by atoms with van der Waals surface area (Å²) in [4.78, 5) is 0. The first-order valence-corrected chi connectivity index (χ1v) is 20.2. The van der Waals surface area contributed by atoms with Crippen molar-refractivity contribution in [2.75, 3.05) is 6.61 Å². The lowest BCUT2D eigenvalue weighted by molar-refractivity contribution is 0.304. The van der Waals surface area contributed by atoms with E-state index in [1.54, 1.807) is 0 Å². The minimum atomic E-state index is 0.473. The molecule has 2 aromatic heterocycles. The number of hydrogen-bond donors (Lipinski definition) is 0. The maximum atomic E-state index is 6.46. The van der Waals surface area contributed by atoms with Crippen molar-refractivity contribution in [2.24, 2.45) is 0 Å². The lowest BCUT2D eigenvalue weighted by Crippen LogP contribution is -1.97. The van der Waals surface area contributed by atoms with Gasteiger partial charge in [-0.15, -0.1) is 10.2 Å². The van der Waals surface area contributed by atoms with E-state index in [9.17, 15) is 0 Å². The average molecular weight is 744 g/mol. The van der Waals surface area contributed by atoms with Crippen molar-refractivity contribution in [1.82, 2.24) is 14.8 Å². The lowest BCUT2D eigenvalue weighted by atomic mass is 9.94. The van der Waals surface area contributed by atoms with Gasteiger partial charge < -0.3 is 13.7 Å². The molecule has 280 valence electrons. The largest absolute Gasteiger partial charge is 0.494 e. The summed E-state index contributed by atoms with van der Waals surface area (Å²) in [6.45, 7) is 2.98. The van der Waals surface area contributed by atoms with Crippen LogP contribution in [0.2, 0.25) is 0 Å². The molecule has 57 heavy (non-hydrogen) atoms. The van der Waals surface area contributed by atoms with Gasteiger partial charge in [-0.25, -0.2) is 0 Å². The van der Waals surface area contributed by atoms with Crippen molar-refractivity contribution >= 4 is 21.8 Å². The van der Waals surface area contributed by atoms with Crippen LogP contribution in [0.25, 0.3) is 83.8 Å². The van der Waals surface area contributed by atoms with Crippen LogP contribution >= 0.6 is 0 Å². The zero-order chi connectivity index (χ0) is 38.4. The van der Waals surface area contributed by atoms with E-state index in [2.05, 4.69) is 161 Å².